The summed E-state index contributed by atoms with van der Waals surface area (Å²) in [6.45, 7) is 2.65. The predicted molar refractivity (Wildman–Crippen MR) is 133 cm³/mol. The van der Waals surface area contributed by atoms with Gasteiger partial charge in [-0.15, -0.1) is 4.37 Å². The van der Waals surface area contributed by atoms with Crippen LogP contribution in [0.1, 0.15) is 21.6 Å². The number of rotatable bonds is 8. The molecule has 4 aromatic heterocycles. The van der Waals surface area contributed by atoms with E-state index in [0.29, 0.717) is 41.2 Å². The second-order valence-corrected chi connectivity index (χ2v) is 9.38. The second-order valence-electron chi connectivity index (χ2n) is 8.65. The minimum Gasteiger partial charge on any atom is -0.481 e. The molecular weight excluding hydrogens is 502 g/mol. The van der Waals surface area contributed by atoms with E-state index in [2.05, 4.69) is 19.4 Å². The summed E-state index contributed by atoms with van der Waals surface area (Å²) in [4.78, 5) is 48.5. The van der Waals surface area contributed by atoms with Crippen LogP contribution in [0, 0.1) is 12.8 Å². The highest BCUT2D eigenvalue weighted by Gasteiger charge is 2.34. The number of aromatic nitrogens is 6. The van der Waals surface area contributed by atoms with Crippen molar-refractivity contribution in [2.45, 2.75) is 13.3 Å². The normalized spacial score (nSPS) is 13.6. The van der Waals surface area contributed by atoms with Crippen LogP contribution in [0.15, 0.2) is 23.1 Å². The summed E-state index contributed by atoms with van der Waals surface area (Å²) in [6, 6.07) is 3.59. The number of methoxy groups -OCH3 is 2. The van der Waals surface area contributed by atoms with Gasteiger partial charge in [-0.25, -0.2) is 14.5 Å². The number of nitrogens with zero attached hydrogens (tertiary/aromatic N) is 7. The van der Waals surface area contributed by atoms with E-state index >= 15 is 0 Å². The molecule has 14 heteroatoms. The summed E-state index contributed by atoms with van der Waals surface area (Å²) < 4.78 is 17.4. The Morgan fingerprint density at radius 1 is 1.19 bits per heavy atom. The number of anilines is 1. The molecule has 1 N–H and O–H groups in total. The fourth-order valence-electron chi connectivity index (χ4n) is 4.30. The zero-order chi connectivity index (χ0) is 26.4. The lowest BCUT2D eigenvalue weighted by molar-refractivity contribution is -0.123. The van der Waals surface area contributed by atoms with E-state index < -0.39 is 17.0 Å². The average molecular weight is 526 g/mol. The van der Waals surface area contributed by atoms with E-state index in [4.69, 9.17) is 9.47 Å². The third kappa shape index (κ3) is 4.28. The standard InChI is InChI=1S/C23H23N7O6S/c1-11-5-16(29-8-12(9-29)15(31)6-13-7-17(35-3)28(2)26-13)24-20-18(11)19(32)14(21(33)34)10-30(20)23-25-22(36-4)27-37-23/h5,7,10,12H,6,8-9H2,1-4H3,(H,33,34). The predicted octanol–water partition coefficient (Wildman–Crippen LogP) is 1.24. The number of carboxylic acid groups (broad SMARTS) is 1. The molecule has 1 saturated heterocycles. The average Bonchev–Trinajstić information content (AvgIpc) is 3.43. The monoisotopic (exact) mass is 525 g/mol. The molecule has 5 heterocycles. The molecule has 1 fully saturated rings. The zero-order valence-corrected chi connectivity index (χ0v) is 21.3. The van der Waals surface area contributed by atoms with E-state index in [9.17, 15) is 19.5 Å². The van der Waals surface area contributed by atoms with Crippen LogP contribution in [-0.2, 0) is 18.3 Å². The highest BCUT2D eigenvalue weighted by Crippen LogP contribution is 2.29. The van der Waals surface area contributed by atoms with Crippen LogP contribution in [0.5, 0.6) is 11.9 Å². The van der Waals surface area contributed by atoms with Gasteiger partial charge < -0.3 is 19.5 Å². The van der Waals surface area contributed by atoms with Crippen molar-refractivity contribution < 1.29 is 24.2 Å². The largest absolute Gasteiger partial charge is 0.481 e. The lowest BCUT2D eigenvalue weighted by Gasteiger charge is -2.39. The van der Waals surface area contributed by atoms with E-state index in [1.54, 1.807) is 37.9 Å². The first kappa shape index (κ1) is 24.4. The van der Waals surface area contributed by atoms with Crippen molar-refractivity contribution in [3.8, 4) is 17.0 Å². The summed E-state index contributed by atoms with van der Waals surface area (Å²) >= 11 is 0.985. The van der Waals surface area contributed by atoms with Crippen molar-refractivity contribution in [2.75, 3.05) is 32.2 Å². The molecule has 37 heavy (non-hydrogen) atoms. The van der Waals surface area contributed by atoms with Crippen molar-refractivity contribution in [2.24, 2.45) is 13.0 Å². The van der Waals surface area contributed by atoms with Crippen LogP contribution >= 0.6 is 11.5 Å². The van der Waals surface area contributed by atoms with Gasteiger partial charge in [0.2, 0.25) is 16.4 Å². The number of aromatic carboxylic acids is 1. The Morgan fingerprint density at radius 2 is 1.95 bits per heavy atom. The molecule has 0 amide bonds. The number of ether oxygens (including phenoxy) is 2. The Bertz CT molecular complexity index is 1600. The van der Waals surface area contributed by atoms with E-state index in [1.165, 1.54) is 17.9 Å². The van der Waals surface area contributed by atoms with Crippen molar-refractivity contribution in [1.82, 2.24) is 28.7 Å². The second kappa shape index (κ2) is 9.28. The molecule has 192 valence electrons. The fraction of sp³-hybridized carbons (Fsp3) is 0.348. The molecule has 0 aliphatic carbocycles. The minimum atomic E-state index is -1.35. The molecule has 0 atom stereocenters. The Labute approximate surface area is 214 Å². The molecule has 0 saturated carbocycles. The third-order valence-corrected chi connectivity index (χ3v) is 6.97. The zero-order valence-electron chi connectivity index (χ0n) is 20.5. The van der Waals surface area contributed by atoms with Gasteiger partial charge in [0, 0.05) is 43.9 Å². The van der Waals surface area contributed by atoms with Gasteiger partial charge in [-0.3, -0.25) is 14.2 Å². The molecule has 13 nitrogen and oxygen atoms in total. The summed E-state index contributed by atoms with van der Waals surface area (Å²) in [5.41, 5.74) is 0.426. The topological polar surface area (TPSA) is 155 Å². The highest BCUT2D eigenvalue weighted by atomic mass is 32.1. The molecule has 0 spiro atoms. The molecule has 4 aromatic rings. The summed E-state index contributed by atoms with van der Waals surface area (Å²) in [7, 11) is 4.72. The Morgan fingerprint density at radius 3 is 2.57 bits per heavy atom. The maximum Gasteiger partial charge on any atom is 0.341 e. The van der Waals surface area contributed by atoms with Gasteiger partial charge in [0.05, 0.1) is 37.6 Å². The number of hydrogen-bond donors (Lipinski definition) is 1. The van der Waals surface area contributed by atoms with Crippen LogP contribution in [0.2, 0.25) is 0 Å². The minimum absolute atomic E-state index is 0.0680. The molecule has 0 radical (unpaired) electrons. The fourth-order valence-corrected chi connectivity index (χ4v) is 4.92. The number of Topliss-reactive ketones (excluding diaryl/α,β-unsaturated/α-hetero) is 1. The maximum absolute atomic E-state index is 13.0. The van der Waals surface area contributed by atoms with Crippen LogP contribution in [0.25, 0.3) is 16.2 Å². The van der Waals surface area contributed by atoms with Crippen LogP contribution in [-0.4, -0.2) is 72.9 Å². The Hall–Kier alpha value is -4.33. The van der Waals surface area contributed by atoms with Gasteiger partial charge in [-0.05, 0) is 18.6 Å². The van der Waals surface area contributed by atoms with Crippen LogP contribution in [0.4, 0.5) is 5.82 Å². The van der Waals surface area contributed by atoms with E-state index in [1.807, 2.05) is 4.90 Å². The summed E-state index contributed by atoms with van der Waals surface area (Å²) in [5.74, 6) is -0.316. The SMILES string of the molecule is COc1nsc(-n2cc(C(=O)O)c(=O)c3c(C)cc(N4CC(C(=O)Cc5cc(OC)n(C)n5)C4)nc32)n1. The van der Waals surface area contributed by atoms with E-state index in [-0.39, 0.29) is 35.2 Å². The van der Waals surface area contributed by atoms with Crippen molar-refractivity contribution in [3.63, 3.8) is 0 Å². The third-order valence-electron chi connectivity index (χ3n) is 6.27. The maximum atomic E-state index is 13.0. The van der Waals surface area contributed by atoms with Gasteiger partial charge in [-0.2, -0.15) is 10.1 Å². The molecule has 5 rings (SSSR count). The molecule has 0 bridgehead atoms. The van der Waals surface area contributed by atoms with Gasteiger partial charge in [0.25, 0.3) is 0 Å². The van der Waals surface area contributed by atoms with Crippen molar-refractivity contribution in [1.29, 1.82) is 0 Å². The smallest absolute Gasteiger partial charge is 0.341 e. The molecule has 0 aromatic carbocycles. The van der Waals surface area contributed by atoms with Gasteiger partial charge in [0.1, 0.15) is 17.2 Å². The number of fused-ring (bicyclic) bond motifs is 1. The Kier molecular flexibility index (Phi) is 6.11. The number of carboxylic acids is 1. The lowest BCUT2D eigenvalue weighted by Crippen LogP contribution is -2.51. The van der Waals surface area contributed by atoms with Crippen molar-refractivity contribution >= 4 is 40.1 Å². The summed E-state index contributed by atoms with van der Waals surface area (Å²) in [6.07, 6.45) is 1.41. The molecule has 1 aliphatic rings. The molecular formula is C23H23N7O6S. The van der Waals surface area contributed by atoms with Crippen LogP contribution < -0.4 is 19.8 Å². The van der Waals surface area contributed by atoms with Crippen molar-refractivity contribution in [3.05, 3.63) is 45.4 Å². The molecule has 1 aliphatic heterocycles. The van der Waals surface area contributed by atoms with Gasteiger partial charge >= 0.3 is 12.0 Å². The van der Waals surface area contributed by atoms with E-state index in [0.717, 1.165) is 11.5 Å². The quantitative estimate of drug-likeness (QED) is 0.353. The number of carbonyl (C=O) groups is 2. The molecule has 0 unspecified atom stereocenters. The number of pyridine rings is 2. The number of aryl methyl sites for hydroxylation is 2. The van der Waals surface area contributed by atoms with Gasteiger partial charge in [-0.1, -0.05) is 0 Å². The van der Waals surface area contributed by atoms with Crippen LogP contribution in [0.3, 0.4) is 0 Å². The first-order valence-electron chi connectivity index (χ1n) is 11.2. The lowest BCUT2D eigenvalue weighted by atomic mass is 9.92. The first-order valence-corrected chi connectivity index (χ1v) is 12.0. The number of ketones is 1. The Balaban J connectivity index is 1.45. The van der Waals surface area contributed by atoms with Gasteiger partial charge in [0.15, 0.2) is 5.65 Å². The number of hydrogen-bond acceptors (Lipinski definition) is 11. The highest BCUT2D eigenvalue weighted by molar-refractivity contribution is 7.08. The summed E-state index contributed by atoms with van der Waals surface area (Å²) in [5, 5.41) is 14.4. The first-order chi connectivity index (χ1) is 17.7. The number of carbonyl (C=O) groups excluding carboxylic acids is 1.